The summed E-state index contributed by atoms with van der Waals surface area (Å²) in [6.07, 6.45) is 1.24. The van der Waals surface area contributed by atoms with Crippen LogP contribution in [0.3, 0.4) is 0 Å². The van der Waals surface area contributed by atoms with Crippen molar-refractivity contribution in [1.82, 2.24) is 10.2 Å². The molecule has 1 saturated heterocycles. The summed E-state index contributed by atoms with van der Waals surface area (Å²) in [5, 5.41) is 13.3. The average Bonchev–Trinajstić information content (AvgIpc) is 2.55. The Hall–Kier alpha value is -1.79. The smallest absolute Gasteiger partial charge is 0.201 e. The van der Waals surface area contributed by atoms with Gasteiger partial charge in [-0.05, 0) is 25.1 Å². The van der Waals surface area contributed by atoms with Crippen LogP contribution in [0.5, 0.6) is 17.2 Å². The Kier molecular flexibility index (Phi) is 6.03. The molecule has 1 aliphatic rings. The van der Waals surface area contributed by atoms with E-state index in [4.69, 9.17) is 9.47 Å². The zero-order valence-electron chi connectivity index (χ0n) is 13.2. The number of rotatable bonds is 7. The molecule has 1 fully saturated rings. The second kappa shape index (κ2) is 8.00. The number of phenolic OH excluding ortho intramolecular Hbond substituents is 1. The quantitative estimate of drug-likeness (QED) is 0.739. The molecule has 0 bridgehead atoms. The molecule has 1 heterocycles. The molecule has 22 heavy (non-hydrogen) atoms. The van der Waals surface area contributed by atoms with Gasteiger partial charge in [-0.1, -0.05) is 0 Å². The molecule has 0 aromatic heterocycles. The summed E-state index contributed by atoms with van der Waals surface area (Å²) >= 11 is 0. The van der Waals surface area contributed by atoms with Crippen LogP contribution in [0.2, 0.25) is 0 Å². The highest BCUT2D eigenvalue weighted by Crippen LogP contribution is 2.39. The largest absolute Gasteiger partial charge is 0.502 e. The van der Waals surface area contributed by atoms with Crippen molar-refractivity contribution < 1.29 is 19.4 Å². The molecule has 0 amide bonds. The highest BCUT2D eigenvalue weighted by molar-refractivity contribution is 5.99. The van der Waals surface area contributed by atoms with Gasteiger partial charge in [0.05, 0.1) is 19.8 Å². The van der Waals surface area contributed by atoms with Crippen LogP contribution in [0.1, 0.15) is 23.2 Å². The standard InChI is InChI=1S/C16H24N2O4/c1-21-14-6-5-12(16(22-2)15(14)20)13(19)4-3-9-18-10-7-17-8-11-18/h5-6,17,20H,3-4,7-11H2,1-2H3. The van der Waals surface area contributed by atoms with Gasteiger partial charge in [0.25, 0.3) is 0 Å². The van der Waals surface area contributed by atoms with Gasteiger partial charge in [-0.15, -0.1) is 0 Å². The Morgan fingerprint density at radius 1 is 1.27 bits per heavy atom. The number of benzene rings is 1. The lowest BCUT2D eigenvalue weighted by molar-refractivity contribution is 0.0970. The van der Waals surface area contributed by atoms with Crippen LogP contribution in [0.4, 0.5) is 0 Å². The van der Waals surface area contributed by atoms with E-state index >= 15 is 0 Å². The lowest BCUT2D eigenvalue weighted by Gasteiger charge is -2.26. The first-order chi connectivity index (χ1) is 10.7. The van der Waals surface area contributed by atoms with E-state index < -0.39 is 0 Å². The fraction of sp³-hybridized carbons (Fsp3) is 0.562. The van der Waals surface area contributed by atoms with Crippen molar-refractivity contribution in [2.75, 3.05) is 46.9 Å². The van der Waals surface area contributed by atoms with E-state index in [0.717, 1.165) is 39.1 Å². The van der Waals surface area contributed by atoms with Crippen LogP contribution in [0.15, 0.2) is 12.1 Å². The molecule has 6 nitrogen and oxygen atoms in total. The van der Waals surface area contributed by atoms with Gasteiger partial charge in [0.15, 0.2) is 17.3 Å². The lowest BCUT2D eigenvalue weighted by atomic mass is 10.0. The molecule has 2 rings (SSSR count). The highest BCUT2D eigenvalue weighted by atomic mass is 16.5. The van der Waals surface area contributed by atoms with Crippen molar-refractivity contribution in [2.24, 2.45) is 0 Å². The number of hydrogen-bond donors (Lipinski definition) is 2. The Bertz CT molecular complexity index is 513. The number of piperazine rings is 1. The van der Waals surface area contributed by atoms with Crippen LogP contribution in [-0.4, -0.2) is 62.7 Å². The molecule has 6 heteroatoms. The third-order valence-electron chi connectivity index (χ3n) is 3.91. The van der Waals surface area contributed by atoms with Crippen LogP contribution in [0, 0.1) is 0 Å². The van der Waals surface area contributed by atoms with Crippen molar-refractivity contribution in [3.8, 4) is 17.2 Å². The number of ketones is 1. The normalized spacial score (nSPS) is 15.5. The molecule has 0 atom stereocenters. The van der Waals surface area contributed by atoms with E-state index in [9.17, 15) is 9.90 Å². The van der Waals surface area contributed by atoms with Gasteiger partial charge in [-0.25, -0.2) is 0 Å². The first-order valence-electron chi connectivity index (χ1n) is 7.57. The Labute approximate surface area is 131 Å². The Morgan fingerprint density at radius 3 is 2.64 bits per heavy atom. The monoisotopic (exact) mass is 308 g/mol. The van der Waals surface area contributed by atoms with Gasteiger partial charge in [0, 0.05) is 32.6 Å². The molecule has 0 spiro atoms. The first-order valence-corrected chi connectivity index (χ1v) is 7.57. The van der Waals surface area contributed by atoms with E-state index in [2.05, 4.69) is 10.2 Å². The molecule has 122 valence electrons. The zero-order valence-corrected chi connectivity index (χ0v) is 13.2. The number of Topliss-reactive ketones (excluding diaryl/α,β-unsaturated/α-hetero) is 1. The second-order valence-corrected chi connectivity index (χ2v) is 5.32. The summed E-state index contributed by atoms with van der Waals surface area (Å²) in [5.74, 6) is 0.337. The van der Waals surface area contributed by atoms with Crippen molar-refractivity contribution in [3.05, 3.63) is 17.7 Å². The topological polar surface area (TPSA) is 71.0 Å². The number of methoxy groups -OCH3 is 2. The summed E-state index contributed by atoms with van der Waals surface area (Å²) in [6.45, 7) is 4.99. The van der Waals surface area contributed by atoms with E-state index in [-0.39, 0.29) is 17.3 Å². The molecule has 0 saturated carbocycles. The predicted molar refractivity (Wildman–Crippen MR) is 84.1 cm³/mol. The van der Waals surface area contributed by atoms with Crippen LogP contribution in [0.25, 0.3) is 0 Å². The van der Waals surface area contributed by atoms with Crippen molar-refractivity contribution >= 4 is 5.78 Å². The van der Waals surface area contributed by atoms with Crippen LogP contribution >= 0.6 is 0 Å². The number of aromatic hydroxyl groups is 1. The molecule has 1 aliphatic heterocycles. The summed E-state index contributed by atoms with van der Waals surface area (Å²) < 4.78 is 10.2. The zero-order chi connectivity index (χ0) is 15.9. The number of nitrogens with one attached hydrogen (secondary N) is 1. The van der Waals surface area contributed by atoms with Crippen molar-refractivity contribution in [1.29, 1.82) is 0 Å². The molecular weight excluding hydrogens is 284 g/mol. The number of carbonyl (C=O) groups is 1. The summed E-state index contributed by atoms with van der Waals surface area (Å²) in [6, 6.07) is 3.23. The van der Waals surface area contributed by atoms with E-state index in [1.165, 1.54) is 14.2 Å². The maximum absolute atomic E-state index is 12.4. The van der Waals surface area contributed by atoms with E-state index in [0.29, 0.717) is 17.7 Å². The maximum Gasteiger partial charge on any atom is 0.201 e. The lowest BCUT2D eigenvalue weighted by Crippen LogP contribution is -2.43. The number of nitrogens with zero attached hydrogens (tertiary/aromatic N) is 1. The van der Waals surface area contributed by atoms with Crippen molar-refractivity contribution in [3.63, 3.8) is 0 Å². The number of phenols is 1. The highest BCUT2D eigenvalue weighted by Gasteiger charge is 2.19. The average molecular weight is 308 g/mol. The summed E-state index contributed by atoms with van der Waals surface area (Å²) in [7, 11) is 2.90. The number of carbonyl (C=O) groups excluding carboxylic acids is 1. The molecule has 0 unspecified atom stereocenters. The molecule has 1 aromatic carbocycles. The second-order valence-electron chi connectivity index (χ2n) is 5.32. The van der Waals surface area contributed by atoms with Crippen LogP contribution in [-0.2, 0) is 0 Å². The Balaban J connectivity index is 1.95. The fourth-order valence-corrected chi connectivity index (χ4v) is 2.68. The molecule has 0 aliphatic carbocycles. The molecule has 1 aromatic rings. The predicted octanol–water partition coefficient (Wildman–Crippen LogP) is 1.28. The molecular formula is C16H24N2O4. The van der Waals surface area contributed by atoms with E-state index in [1.807, 2.05) is 0 Å². The number of hydrogen-bond acceptors (Lipinski definition) is 6. The molecule has 0 radical (unpaired) electrons. The Morgan fingerprint density at radius 2 is 2.00 bits per heavy atom. The van der Waals surface area contributed by atoms with Gasteiger partial charge >= 0.3 is 0 Å². The summed E-state index contributed by atoms with van der Waals surface area (Å²) in [5.41, 5.74) is 0.404. The fourth-order valence-electron chi connectivity index (χ4n) is 2.68. The van der Waals surface area contributed by atoms with Gasteiger partial charge in [-0.2, -0.15) is 0 Å². The first kappa shape index (κ1) is 16.6. The third kappa shape index (κ3) is 3.90. The van der Waals surface area contributed by atoms with Gasteiger partial charge in [0.1, 0.15) is 0 Å². The van der Waals surface area contributed by atoms with Gasteiger partial charge < -0.3 is 24.8 Å². The SMILES string of the molecule is COc1ccc(C(=O)CCCN2CCNCC2)c(OC)c1O. The third-order valence-corrected chi connectivity index (χ3v) is 3.91. The maximum atomic E-state index is 12.4. The number of ether oxygens (including phenoxy) is 2. The van der Waals surface area contributed by atoms with Crippen molar-refractivity contribution in [2.45, 2.75) is 12.8 Å². The van der Waals surface area contributed by atoms with Gasteiger partial charge in [0.2, 0.25) is 5.75 Å². The minimum Gasteiger partial charge on any atom is -0.502 e. The minimum atomic E-state index is -0.127. The molecule has 2 N–H and O–H groups in total. The van der Waals surface area contributed by atoms with E-state index in [1.54, 1.807) is 12.1 Å². The summed E-state index contributed by atoms with van der Waals surface area (Å²) in [4.78, 5) is 14.7. The van der Waals surface area contributed by atoms with Gasteiger partial charge in [-0.3, -0.25) is 4.79 Å². The van der Waals surface area contributed by atoms with Crippen LogP contribution < -0.4 is 14.8 Å². The minimum absolute atomic E-state index is 0.0232.